The highest BCUT2D eigenvalue weighted by molar-refractivity contribution is 5.47. The molecule has 21 heavy (non-hydrogen) atoms. The number of aryl methyl sites for hydroxylation is 1. The third kappa shape index (κ3) is 2.40. The molecular weight excluding hydrogens is 264 g/mol. The Hall–Kier alpha value is -1.95. The minimum Gasteiger partial charge on any atom is -0.364 e. The van der Waals surface area contributed by atoms with Crippen LogP contribution in [0.1, 0.15) is 34.6 Å². The van der Waals surface area contributed by atoms with E-state index in [2.05, 4.69) is 30.8 Å². The number of nitrogens with zero attached hydrogens (tertiary/aromatic N) is 3. The number of nitrogens with one attached hydrogen (secondary N) is 3. The van der Waals surface area contributed by atoms with Gasteiger partial charge in [-0.3, -0.25) is 5.10 Å². The van der Waals surface area contributed by atoms with Gasteiger partial charge in [0.05, 0.1) is 17.9 Å². The molecule has 3 heterocycles. The predicted octanol–water partition coefficient (Wildman–Crippen LogP) is 0.989. The third-order valence-electron chi connectivity index (χ3n) is 4.44. The standard InChI is InChI=1S/C15H20N6/c1-2-10-13(3-1)20-21-14(10)8-17-15-11-4-6-16-7-5-12(11)18-9-19-15/h9,16H,1-8H2,(H,20,21)(H,17,18,19). The number of anilines is 1. The van der Waals surface area contributed by atoms with Gasteiger partial charge in [0.15, 0.2) is 0 Å². The Bertz CT molecular complexity index is 648. The smallest absolute Gasteiger partial charge is 0.133 e. The number of H-pyrrole nitrogens is 1. The molecule has 0 atom stereocenters. The molecule has 0 saturated heterocycles. The molecular formula is C15H20N6. The first kappa shape index (κ1) is 12.8. The van der Waals surface area contributed by atoms with Crippen molar-refractivity contribution in [2.45, 2.75) is 38.6 Å². The van der Waals surface area contributed by atoms with Gasteiger partial charge in [-0.2, -0.15) is 5.10 Å². The van der Waals surface area contributed by atoms with Gasteiger partial charge >= 0.3 is 0 Å². The zero-order chi connectivity index (χ0) is 14.1. The molecule has 0 saturated carbocycles. The summed E-state index contributed by atoms with van der Waals surface area (Å²) in [5, 5.41) is 14.5. The maximum atomic E-state index is 4.44. The Kier molecular flexibility index (Phi) is 3.31. The third-order valence-corrected chi connectivity index (χ3v) is 4.44. The molecule has 0 amide bonds. The van der Waals surface area contributed by atoms with Crippen molar-refractivity contribution >= 4 is 5.82 Å². The summed E-state index contributed by atoms with van der Waals surface area (Å²) in [5.74, 6) is 0.971. The van der Waals surface area contributed by atoms with E-state index in [0.717, 1.165) is 56.8 Å². The van der Waals surface area contributed by atoms with E-state index in [-0.39, 0.29) is 0 Å². The van der Waals surface area contributed by atoms with E-state index >= 15 is 0 Å². The first-order chi connectivity index (χ1) is 10.4. The second-order valence-corrected chi connectivity index (χ2v) is 5.73. The van der Waals surface area contributed by atoms with E-state index in [1.807, 2.05) is 0 Å². The number of hydrogen-bond acceptors (Lipinski definition) is 5. The number of aromatic nitrogens is 4. The fraction of sp³-hybridized carbons (Fsp3) is 0.533. The van der Waals surface area contributed by atoms with E-state index in [9.17, 15) is 0 Å². The Labute approximate surface area is 123 Å². The fourth-order valence-electron chi connectivity index (χ4n) is 3.33. The molecule has 0 aromatic carbocycles. The molecule has 0 unspecified atom stereocenters. The van der Waals surface area contributed by atoms with Crippen molar-refractivity contribution in [1.82, 2.24) is 25.5 Å². The second-order valence-electron chi connectivity index (χ2n) is 5.73. The Balaban J connectivity index is 1.54. The summed E-state index contributed by atoms with van der Waals surface area (Å²) in [5.41, 5.74) is 6.29. The van der Waals surface area contributed by atoms with Crippen molar-refractivity contribution in [3.05, 3.63) is 34.5 Å². The Morgan fingerprint density at radius 2 is 2.00 bits per heavy atom. The van der Waals surface area contributed by atoms with Gasteiger partial charge in [0.2, 0.25) is 0 Å². The molecule has 110 valence electrons. The summed E-state index contributed by atoms with van der Waals surface area (Å²) >= 11 is 0. The topological polar surface area (TPSA) is 78.5 Å². The molecule has 4 rings (SSSR count). The average Bonchev–Trinajstić information content (AvgIpc) is 3.02. The maximum absolute atomic E-state index is 4.44. The first-order valence-corrected chi connectivity index (χ1v) is 7.74. The lowest BCUT2D eigenvalue weighted by molar-refractivity contribution is 0.708. The van der Waals surface area contributed by atoms with Crippen LogP contribution in [0.5, 0.6) is 0 Å². The molecule has 3 N–H and O–H groups in total. The normalized spacial score (nSPS) is 17.1. The summed E-state index contributed by atoms with van der Waals surface area (Å²) in [6.07, 6.45) is 7.15. The molecule has 6 nitrogen and oxygen atoms in total. The average molecular weight is 284 g/mol. The quantitative estimate of drug-likeness (QED) is 0.783. The molecule has 2 aliphatic rings. The van der Waals surface area contributed by atoms with Crippen LogP contribution in [-0.2, 0) is 32.2 Å². The highest BCUT2D eigenvalue weighted by Gasteiger charge is 2.19. The van der Waals surface area contributed by atoms with Crippen LogP contribution in [0, 0.1) is 0 Å². The van der Waals surface area contributed by atoms with E-state index < -0.39 is 0 Å². The number of fused-ring (bicyclic) bond motifs is 2. The van der Waals surface area contributed by atoms with Gasteiger partial charge in [-0.1, -0.05) is 0 Å². The van der Waals surface area contributed by atoms with Crippen LogP contribution in [0.15, 0.2) is 6.33 Å². The van der Waals surface area contributed by atoms with Crippen LogP contribution < -0.4 is 10.6 Å². The second kappa shape index (κ2) is 5.44. The largest absolute Gasteiger partial charge is 0.364 e. The van der Waals surface area contributed by atoms with Crippen LogP contribution in [0.3, 0.4) is 0 Å². The number of rotatable bonds is 3. The molecule has 0 spiro atoms. The van der Waals surface area contributed by atoms with Crippen molar-refractivity contribution in [3.8, 4) is 0 Å². The zero-order valence-electron chi connectivity index (χ0n) is 12.1. The number of hydrogen-bond donors (Lipinski definition) is 3. The molecule has 2 aromatic heterocycles. The van der Waals surface area contributed by atoms with Crippen molar-refractivity contribution in [2.24, 2.45) is 0 Å². The van der Waals surface area contributed by atoms with Crippen LogP contribution in [-0.4, -0.2) is 33.3 Å². The summed E-state index contributed by atoms with van der Waals surface area (Å²) in [6.45, 7) is 2.73. The SMILES string of the molecule is c1nc2c(c(NCc3n[nH]c4c3CCC4)n1)CCNCC2. The highest BCUT2D eigenvalue weighted by atomic mass is 15.1. The summed E-state index contributed by atoms with van der Waals surface area (Å²) in [7, 11) is 0. The molecule has 0 bridgehead atoms. The minimum absolute atomic E-state index is 0.739. The molecule has 1 aliphatic heterocycles. The molecule has 6 heteroatoms. The maximum Gasteiger partial charge on any atom is 0.133 e. The van der Waals surface area contributed by atoms with Crippen LogP contribution in [0.2, 0.25) is 0 Å². The molecule has 0 fully saturated rings. The summed E-state index contributed by atoms with van der Waals surface area (Å²) in [6, 6.07) is 0. The van der Waals surface area contributed by atoms with Crippen molar-refractivity contribution in [2.75, 3.05) is 18.4 Å². The van der Waals surface area contributed by atoms with Crippen LogP contribution >= 0.6 is 0 Å². The van der Waals surface area contributed by atoms with Gasteiger partial charge in [0, 0.05) is 24.2 Å². The van der Waals surface area contributed by atoms with Gasteiger partial charge in [-0.25, -0.2) is 9.97 Å². The van der Waals surface area contributed by atoms with E-state index in [0.29, 0.717) is 0 Å². The molecule has 1 aliphatic carbocycles. The van der Waals surface area contributed by atoms with Gasteiger partial charge < -0.3 is 10.6 Å². The monoisotopic (exact) mass is 284 g/mol. The first-order valence-electron chi connectivity index (χ1n) is 7.74. The highest BCUT2D eigenvalue weighted by Crippen LogP contribution is 2.24. The van der Waals surface area contributed by atoms with Crippen molar-refractivity contribution in [3.63, 3.8) is 0 Å². The van der Waals surface area contributed by atoms with Crippen molar-refractivity contribution < 1.29 is 0 Å². The lowest BCUT2D eigenvalue weighted by Crippen LogP contribution is -2.16. The zero-order valence-corrected chi connectivity index (χ0v) is 12.1. The van der Waals surface area contributed by atoms with Crippen molar-refractivity contribution in [1.29, 1.82) is 0 Å². The summed E-state index contributed by atoms with van der Waals surface area (Å²) < 4.78 is 0. The van der Waals surface area contributed by atoms with Crippen LogP contribution in [0.25, 0.3) is 0 Å². The van der Waals surface area contributed by atoms with Gasteiger partial charge in [-0.15, -0.1) is 0 Å². The fourth-order valence-corrected chi connectivity index (χ4v) is 3.33. The minimum atomic E-state index is 0.739. The molecule has 2 aromatic rings. The van der Waals surface area contributed by atoms with Gasteiger partial charge in [-0.05, 0) is 37.8 Å². The lowest BCUT2D eigenvalue weighted by Gasteiger charge is -2.11. The van der Waals surface area contributed by atoms with E-state index in [1.165, 1.54) is 28.9 Å². The molecule has 0 radical (unpaired) electrons. The van der Waals surface area contributed by atoms with Crippen LogP contribution in [0.4, 0.5) is 5.82 Å². The lowest BCUT2D eigenvalue weighted by atomic mass is 10.1. The van der Waals surface area contributed by atoms with Gasteiger partial charge in [0.25, 0.3) is 0 Å². The Morgan fingerprint density at radius 1 is 1.05 bits per heavy atom. The predicted molar refractivity (Wildman–Crippen MR) is 80.2 cm³/mol. The van der Waals surface area contributed by atoms with E-state index in [4.69, 9.17) is 0 Å². The van der Waals surface area contributed by atoms with E-state index in [1.54, 1.807) is 6.33 Å². The Morgan fingerprint density at radius 3 is 3.00 bits per heavy atom. The number of aromatic amines is 1. The summed E-state index contributed by atoms with van der Waals surface area (Å²) in [4.78, 5) is 8.87. The van der Waals surface area contributed by atoms with Gasteiger partial charge in [0.1, 0.15) is 12.1 Å².